The molecule has 0 spiro atoms. The van der Waals surface area contributed by atoms with E-state index in [4.69, 9.17) is 11.6 Å². The van der Waals surface area contributed by atoms with Crippen LogP contribution in [0.2, 0.25) is 5.02 Å². The highest BCUT2D eigenvalue weighted by atomic mass is 35.5. The number of hydrogen-bond donors (Lipinski definition) is 1. The van der Waals surface area contributed by atoms with Gasteiger partial charge in [0.1, 0.15) is 11.6 Å². The fourth-order valence-electron chi connectivity index (χ4n) is 1.11. The molecule has 0 aliphatic rings. The number of carbonyl (C=O) groups is 1. The lowest BCUT2D eigenvalue weighted by molar-refractivity contribution is -0.118. The van der Waals surface area contributed by atoms with E-state index in [0.717, 1.165) is 6.07 Å². The van der Waals surface area contributed by atoms with Crippen molar-refractivity contribution in [3.63, 3.8) is 0 Å². The van der Waals surface area contributed by atoms with Crippen LogP contribution >= 0.6 is 11.6 Å². The van der Waals surface area contributed by atoms with E-state index in [1.165, 1.54) is 19.1 Å². The molecule has 0 radical (unpaired) electrons. The van der Waals surface area contributed by atoms with E-state index < -0.39 is 11.9 Å². The predicted molar refractivity (Wildman–Crippen MR) is 51.7 cm³/mol. The Balaban J connectivity index is 2.85. The molecule has 0 bridgehead atoms. The summed E-state index contributed by atoms with van der Waals surface area (Å²) >= 11 is 5.47. The summed E-state index contributed by atoms with van der Waals surface area (Å²) in [7, 11) is 0. The van der Waals surface area contributed by atoms with Crippen LogP contribution in [0.4, 0.5) is 4.39 Å². The number of aliphatic hydroxyl groups excluding tert-OH is 1. The molecule has 0 saturated heterocycles. The van der Waals surface area contributed by atoms with Gasteiger partial charge >= 0.3 is 0 Å². The van der Waals surface area contributed by atoms with Gasteiger partial charge in [0.15, 0.2) is 0 Å². The highest BCUT2D eigenvalue weighted by Gasteiger charge is 2.11. The normalized spacial score (nSPS) is 12.6. The molecule has 1 aromatic rings. The van der Waals surface area contributed by atoms with Crippen molar-refractivity contribution in [2.45, 2.75) is 19.4 Å². The van der Waals surface area contributed by atoms with Crippen molar-refractivity contribution in [2.75, 3.05) is 0 Å². The largest absolute Gasteiger partial charge is 0.388 e. The molecule has 0 heterocycles. The van der Waals surface area contributed by atoms with Crippen LogP contribution in [0.5, 0.6) is 0 Å². The minimum Gasteiger partial charge on any atom is -0.388 e. The minimum absolute atomic E-state index is 0.00350. The molecule has 4 heteroatoms. The molecule has 0 amide bonds. The van der Waals surface area contributed by atoms with E-state index in [9.17, 15) is 14.3 Å². The lowest BCUT2D eigenvalue weighted by Crippen LogP contribution is -2.03. The van der Waals surface area contributed by atoms with Gasteiger partial charge in [-0.15, -0.1) is 0 Å². The number of carbonyl (C=O) groups excluding carboxylic acids is 1. The lowest BCUT2D eigenvalue weighted by atomic mass is 10.0. The van der Waals surface area contributed by atoms with Gasteiger partial charge in [0.2, 0.25) is 0 Å². The second-order valence-electron chi connectivity index (χ2n) is 3.10. The molecule has 2 nitrogen and oxygen atoms in total. The van der Waals surface area contributed by atoms with Gasteiger partial charge in [0.05, 0.1) is 11.1 Å². The number of rotatable bonds is 3. The molecule has 0 saturated carbocycles. The molecule has 14 heavy (non-hydrogen) atoms. The summed E-state index contributed by atoms with van der Waals surface area (Å²) in [6.07, 6.45) is -0.972. The number of ketones is 1. The Morgan fingerprint density at radius 3 is 2.79 bits per heavy atom. The molecule has 0 aliphatic heterocycles. The van der Waals surface area contributed by atoms with Crippen molar-refractivity contribution in [3.8, 4) is 0 Å². The number of Topliss-reactive ketones (excluding diaryl/α,β-unsaturated/α-hetero) is 1. The molecular weight excluding hydrogens is 207 g/mol. The van der Waals surface area contributed by atoms with Gasteiger partial charge in [0.25, 0.3) is 0 Å². The second-order valence-corrected chi connectivity index (χ2v) is 3.50. The second kappa shape index (κ2) is 4.53. The van der Waals surface area contributed by atoms with Gasteiger partial charge in [-0.2, -0.15) is 0 Å². The standard InChI is InChI=1S/C10H10ClFO2/c1-6(13)4-10(14)7-2-3-8(11)9(12)5-7/h2-3,5,10,14H,4H2,1H3. The van der Waals surface area contributed by atoms with Crippen LogP contribution in [-0.2, 0) is 4.79 Å². The zero-order valence-corrected chi connectivity index (χ0v) is 8.38. The Bertz CT molecular complexity index is 352. The van der Waals surface area contributed by atoms with Gasteiger partial charge in [-0.05, 0) is 24.6 Å². The fraction of sp³-hybridized carbons (Fsp3) is 0.300. The van der Waals surface area contributed by atoms with Crippen molar-refractivity contribution >= 4 is 17.4 Å². The summed E-state index contributed by atoms with van der Waals surface area (Å²) in [6.45, 7) is 1.37. The Hall–Kier alpha value is -0.930. The van der Waals surface area contributed by atoms with Crippen molar-refractivity contribution in [3.05, 3.63) is 34.6 Å². The van der Waals surface area contributed by atoms with Gasteiger partial charge in [-0.25, -0.2) is 4.39 Å². The van der Waals surface area contributed by atoms with Crippen molar-refractivity contribution < 1.29 is 14.3 Å². The first-order valence-corrected chi connectivity index (χ1v) is 4.51. The maximum atomic E-state index is 12.9. The van der Waals surface area contributed by atoms with Crippen LogP contribution in [0, 0.1) is 5.82 Å². The Labute approximate surface area is 86.3 Å². The average molecular weight is 217 g/mol. The van der Waals surface area contributed by atoms with E-state index in [0.29, 0.717) is 5.56 Å². The van der Waals surface area contributed by atoms with Crippen LogP contribution in [0.3, 0.4) is 0 Å². The van der Waals surface area contributed by atoms with E-state index in [1.807, 2.05) is 0 Å². The van der Waals surface area contributed by atoms with E-state index in [2.05, 4.69) is 0 Å². The quantitative estimate of drug-likeness (QED) is 0.843. The number of hydrogen-bond acceptors (Lipinski definition) is 2. The first-order chi connectivity index (χ1) is 6.50. The van der Waals surface area contributed by atoms with Crippen LogP contribution in [0.1, 0.15) is 25.0 Å². The van der Waals surface area contributed by atoms with Gasteiger partial charge in [-0.3, -0.25) is 4.79 Å². The molecular formula is C10H10ClFO2. The predicted octanol–water partition coefficient (Wildman–Crippen LogP) is 2.49. The Kier molecular flexibility index (Phi) is 3.61. The van der Waals surface area contributed by atoms with E-state index in [-0.39, 0.29) is 17.2 Å². The van der Waals surface area contributed by atoms with Crippen LogP contribution in [-0.4, -0.2) is 10.9 Å². The summed E-state index contributed by atoms with van der Waals surface area (Å²) in [5, 5.41) is 9.48. The van der Waals surface area contributed by atoms with E-state index in [1.54, 1.807) is 0 Å². The number of aliphatic hydroxyl groups is 1. The van der Waals surface area contributed by atoms with E-state index >= 15 is 0 Å². The molecule has 1 unspecified atom stereocenters. The maximum absolute atomic E-state index is 12.9. The molecule has 0 fully saturated rings. The third-order valence-corrected chi connectivity index (χ3v) is 2.12. The molecule has 0 aliphatic carbocycles. The zero-order chi connectivity index (χ0) is 10.7. The molecule has 1 rings (SSSR count). The maximum Gasteiger partial charge on any atom is 0.142 e. The van der Waals surface area contributed by atoms with Crippen molar-refractivity contribution in [1.82, 2.24) is 0 Å². The number of benzene rings is 1. The summed E-state index contributed by atoms with van der Waals surface area (Å²) in [5.41, 5.74) is 0.363. The van der Waals surface area contributed by atoms with Crippen LogP contribution in [0.25, 0.3) is 0 Å². The first-order valence-electron chi connectivity index (χ1n) is 4.13. The van der Waals surface area contributed by atoms with Gasteiger partial charge in [0, 0.05) is 6.42 Å². The monoisotopic (exact) mass is 216 g/mol. The molecule has 76 valence electrons. The smallest absolute Gasteiger partial charge is 0.142 e. The lowest BCUT2D eigenvalue weighted by Gasteiger charge is -2.08. The summed E-state index contributed by atoms with van der Waals surface area (Å²) in [6, 6.07) is 3.99. The SMILES string of the molecule is CC(=O)CC(O)c1ccc(Cl)c(F)c1. The molecule has 1 atom stereocenters. The van der Waals surface area contributed by atoms with Gasteiger partial charge < -0.3 is 5.11 Å². The van der Waals surface area contributed by atoms with Gasteiger partial charge in [-0.1, -0.05) is 17.7 Å². The third-order valence-electron chi connectivity index (χ3n) is 1.81. The van der Waals surface area contributed by atoms with Crippen molar-refractivity contribution in [2.24, 2.45) is 0 Å². The van der Waals surface area contributed by atoms with Crippen LogP contribution in [0.15, 0.2) is 18.2 Å². The summed E-state index contributed by atoms with van der Waals surface area (Å²) in [4.78, 5) is 10.7. The zero-order valence-electron chi connectivity index (χ0n) is 7.63. The molecule has 0 aromatic heterocycles. The Morgan fingerprint density at radius 1 is 1.64 bits per heavy atom. The fourth-order valence-corrected chi connectivity index (χ4v) is 1.23. The summed E-state index contributed by atoms with van der Waals surface area (Å²) < 4.78 is 12.9. The highest BCUT2D eigenvalue weighted by molar-refractivity contribution is 6.30. The number of halogens is 2. The molecule has 1 aromatic carbocycles. The Morgan fingerprint density at radius 2 is 2.29 bits per heavy atom. The highest BCUT2D eigenvalue weighted by Crippen LogP contribution is 2.22. The topological polar surface area (TPSA) is 37.3 Å². The minimum atomic E-state index is -0.959. The third kappa shape index (κ3) is 2.79. The molecule has 1 N–H and O–H groups in total. The first kappa shape index (κ1) is 11.1. The summed E-state index contributed by atoms with van der Waals surface area (Å²) in [5.74, 6) is -0.736. The van der Waals surface area contributed by atoms with Crippen LogP contribution < -0.4 is 0 Å². The van der Waals surface area contributed by atoms with Crippen molar-refractivity contribution in [1.29, 1.82) is 0 Å². The average Bonchev–Trinajstić information content (AvgIpc) is 2.08.